The highest BCUT2D eigenvalue weighted by molar-refractivity contribution is 7.88. The van der Waals surface area contributed by atoms with Crippen molar-refractivity contribution < 1.29 is 17.9 Å². The average Bonchev–Trinajstić information content (AvgIpc) is 2.81. The second-order valence-corrected chi connectivity index (χ2v) is 7.34. The summed E-state index contributed by atoms with van der Waals surface area (Å²) in [6.07, 6.45) is 2.37. The summed E-state index contributed by atoms with van der Waals surface area (Å²) >= 11 is 0. The van der Waals surface area contributed by atoms with Gasteiger partial charge in [-0.3, -0.25) is 4.79 Å². The zero-order valence-corrected chi connectivity index (χ0v) is 13.7. The van der Waals surface area contributed by atoms with E-state index in [1.54, 1.807) is 4.90 Å². The van der Waals surface area contributed by atoms with Crippen LogP contribution in [0, 0.1) is 0 Å². The van der Waals surface area contributed by atoms with E-state index in [9.17, 15) is 13.2 Å². The molecule has 7 heteroatoms. The van der Waals surface area contributed by atoms with Crippen LogP contribution in [0.25, 0.3) is 0 Å². The minimum Gasteiger partial charge on any atom is -0.375 e. The van der Waals surface area contributed by atoms with E-state index in [1.807, 2.05) is 30.3 Å². The summed E-state index contributed by atoms with van der Waals surface area (Å²) in [6, 6.07) is 9.30. The predicted molar refractivity (Wildman–Crippen MR) is 83.9 cm³/mol. The van der Waals surface area contributed by atoms with Crippen molar-refractivity contribution in [1.82, 2.24) is 9.62 Å². The number of amides is 1. The Kier molecular flexibility index (Phi) is 5.55. The first kappa shape index (κ1) is 16.9. The quantitative estimate of drug-likeness (QED) is 0.821. The van der Waals surface area contributed by atoms with Crippen molar-refractivity contribution in [2.45, 2.75) is 24.9 Å². The number of hydrogen-bond acceptors (Lipinski definition) is 4. The fourth-order valence-corrected chi connectivity index (χ4v) is 3.71. The van der Waals surface area contributed by atoms with Crippen LogP contribution in [0.4, 0.5) is 0 Å². The lowest BCUT2D eigenvalue weighted by molar-refractivity contribution is -0.136. The first-order chi connectivity index (χ1) is 10.4. The Morgan fingerprint density at radius 3 is 2.64 bits per heavy atom. The zero-order chi connectivity index (χ0) is 16.2. The molecule has 1 aromatic rings. The molecule has 0 spiro atoms. The van der Waals surface area contributed by atoms with Crippen LogP contribution in [0.2, 0.25) is 0 Å². The number of benzene rings is 1. The highest BCUT2D eigenvalue weighted by atomic mass is 32.2. The summed E-state index contributed by atoms with van der Waals surface area (Å²) in [7, 11) is -1.83. The van der Waals surface area contributed by atoms with Crippen LogP contribution in [0.1, 0.15) is 12.0 Å². The number of nitrogens with one attached hydrogen (secondary N) is 1. The second kappa shape index (κ2) is 7.21. The number of hydrogen-bond donors (Lipinski definition) is 1. The maximum absolute atomic E-state index is 12.2. The molecule has 22 heavy (non-hydrogen) atoms. The standard InChI is InChI=1S/C15H22N2O4S/c1-21-11-15(18)17-9-8-13(16-22(2,19)20)14(17)10-12-6-4-3-5-7-12/h3-7,13-14,16H,8-11H2,1-2H3/t13-,14+/m1/s1. The second-order valence-electron chi connectivity index (χ2n) is 5.56. The van der Waals surface area contributed by atoms with Crippen LogP contribution in [0.15, 0.2) is 30.3 Å². The van der Waals surface area contributed by atoms with Crippen LogP contribution in [0.3, 0.4) is 0 Å². The third-order valence-corrected chi connectivity index (χ3v) is 4.52. The Balaban J connectivity index is 2.19. The molecule has 1 fully saturated rings. The van der Waals surface area contributed by atoms with Crippen molar-refractivity contribution in [2.24, 2.45) is 0 Å². The topological polar surface area (TPSA) is 75.7 Å². The smallest absolute Gasteiger partial charge is 0.248 e. The molecular weight excluding hydrogens is 304 g/mol. The van der Waals surface area contributed by atoms with Crippen molar-refractivity contribution in [2.75, 3.05) is 26.5 Å². The van der Waals surface area contributed by atoms with Crippen LogP contribution < -0.4 is 4.72 Å². The van der Waals surface area contributed by atoms with E-state index in [-0.39, 0.29) is 24.6 Å². The molecule has 0 radical (unpaired) electrons. The van der Waals surface area contributed by atoms with Crippen molar-refractivity contribution >= 4 is 15.9 Å². The molecule has 6 nitrogen and oxygen atoms in total. The summed E-state index contributed by atoms with van der Waals surface area (Å²) in [4.78, 5) is 13.9. The van der Waals surface area contributed by atoms with E-state index in [4.69, 9.17) is 4.74 Å². The summed E-state index contributed by atoms with van der Waals surface area (Å²) in [5, 5.41) is 0. The third kappa shape index (κ3) is 4.53. The van der Waals surface area contributed by atoms with Gasteiger partial charge in [0.15, 0.2) is 0 Å². The number of methoxy groups -OCH3 is 1. The largest absolute Gasteiger partial charge is 0.375 e. The van der Waals surface area contributed by atoms with Gasteiger partial charge in [0.1, 0.15) is 6.61 Å². The molecule has 0 unspecified atom stereocenters. The summed E-state index contributed by atoms with van der Waals surface area (Å²) in [5.74, 6) is -0.110. The molecule has 122 valence electrons. The van der Waals surface area contributed by atoms with E-state index in [1.165, 1.54) is 7.11 Å². The molecular formula is C15H22N2O4S. The maximum Gasteiger partial charge on any atom is 0.248 e. The Morgan fingerprint density at radius 2 is 2.05 bits per heavy atom. The normalized spacial score (nSPS) is 22.0. The minimum atomic E-state index is -3.31. The van der Waals surface area contributed by atoms with Gasteiger partial charge in [-0.15, -0.1) is 0 Å². The third-order valence-electron chi connectivity index (χ3n) is 3.79. The molecule has 0 aromatic heterocycles. The minimum absolute atomic E-state index is 0.0108. The van der Waals surface area contributed by atoms with E-state index in [0.29, 0.717) is 19.4 Å². The lowest BCUT2D eigenvalue weighted by atomic mass is 10.0. The van der Waals surface area contributed by atoms with E-state index in [2.05, 4.69) is 4.72 Å². The van der Waals surface area contributed by atoms with Crippen LogP contribution in [-0.2, 0) is 26.0 Å². The van der Waals surface area contributed by atoms with Gasteiger partial charge in [0.05, 0.1) is 12.3 Å². The number of carbonyl (C=O) groups excluding carboxylic acids is 1. The summed E-state index contributed by atoms with van der Waals surface area (Å²) in [6.45, 7) is 0.545. The number of carbonyl (C=O) groups is 1. The fourth-order valence-electron chi connectivity index (χ4n) is 2.89. The lowest BCUT2D eigenvalue weighted by Gasteiger charge is -2.28. The molecule has 2 rings (SSSR count). The maximum atomic E-state index is 12.2. The van der Waals surface area contributed by atoms with Crippen molar-refractivity contribution in [1.29, 1.82) is 0 Å². The van der Waals surface area contributed by atoms with E-state index < -0.39 is 10.0 Å². The lowest BCUT2D eigenvalue weighted by Crippen LogP contribution is -2.48. The Morgan fingerprint density at radius 1 is 1.36 bits per heavy atom. The molecule has 1 N–H and O–H groups in total. The SMILES string of the molecule is COCC(=O)N1CC[C@@H](NS(C)(=O)=O)[C@@H]1Cc1ccccc1. The Hall–Kier alpha value is -1.44. The molecule has 0 aliphatic carbocycles. The molecule has 0 saturated carbocycles. The van der Waals surface area contributed by atoms with Crippen LogP contribution >= 0.6 is 0 Å². The number of sulfonamides is 1. The molecule has 1 aliphatic rings. The summed E-state index contributed by atoms with van der Waals surface area (Å²) < 4.78 is 30.7. The van der Waals surface area contributed by atoms with E-state index >= 15 is 0 Å². The van der Waals surface area contributed by atoms with Crippen molar-refractivity contribution in [3.63, 3.8) is 0 Å². The van der Waals surface area contributed by atoms with Gasteiger partial charge in [0.25, 0.3) is 0 Å². The van der Waals surface area contributed by atoms with Crippen molar-refractivity contribution in [3.8, 4) is 0 Å². The van der Waals surface area contributed by atoms with Gasteiger partial charge in [-0.2, -0.15) is 0 Å². The van der Waals surface area contributed by atoms with Crippen LogP contribution in [0.5, 0.6) is 0 Å². The van der Waals surface area contributed by atoms with Gasteiger partial charge < -0.3 is 9.64 Å². The number of ether oxygens (including phenoxy) is 1. The first-order valence-electron chi connectivity index (χ1n) is 7.20. The molecule has 1 heterocycles. The summed E-state index contributed by atoms with van der Waals surface area (Å²) in [5.41, 5.74) is 1.07. The molecule has 0 bridgehead atoms. The number of nitrogens with zero attached hydrogens (tertiary/aromatic N) is 1. The van der Waals surface area contributed by atoms with Gasteiger partial charge in [-0.25, -0.2) is 13.1 Å². The molecule has 1 saturated heterocycles. The monoisotopic (exact) mass is 326 g/mol. The Labute approximate surface area is 131 Å². The molecule has 2 atom stereocenters. The highest BCUT2D eigenvalue weighted by Crippen LogP contribution is 2.23. The van der Waals surface area contributed by atoms with Gasteiger partial charge in [-0.1, -0.05) is 30.3 Å². The predicted octanol–water partition coefficient (Wildman–Crippen LogP) is 0.394. The van der Waals surface area contributed by atoms with Gasteiger partial charge >= 0.3 is 0 Å². The zero-order valence-electron chi connectivity index (χ0n) is 12.9. The van der Waals surface area contributed by atoms with Gasteiger partial charge in [0, 0.05) is 19.7 Å². The highest BCUT2D eigenvalue weighted by Gasteiger charge is 2.38. The van der Waals surface area contributed by atoms with E-state index in [0.717, 1.165) is 11.8 Å². The molecule has 1 aliphatic heterocycles. The average molecular weight is 326 g/mol. The van der Waals surface area contributed by atoms with Crippen LogP contribution in [-0.4, -0.2) is 57.8 Å². The number of likely N-dealkylation sites (tertiary alicyclic amines) is 1. The molecule has 1 amide bonds. The van der Waals surface area contributed by atoms with Crippen molar-refractivity contribution in [3.05, 3.63) is 35.9 Å². The van der Waals surface area contributed by atoms with Gasteiger partial charge in [0.2, 0.25) is 15.9 Å². The first-order valence-corrected chi connectivity index (χ1v) is 9.09. The number of rotatable bonds is 6. The molecule has 1 aromatic carbocycles. The van der Waals surface area contributed by atoms with Gasteiger partial charge in [-0.05, 0) is 18.4 Å². The Bertz CT molecular complexity index is 603. The fraction of sp³-hybridized carbons (Fsp3) is 0.533.